The summed E-state index contributed by atoms with van der Waals surface area (Å²) in [6.07, 6.45) is 1.00. The Morgan fingerprint density at radius 1 is 1.04 bits per heavy atom. The Morgan fingerprint density at radius 2 is 1.62 bits per heavy atom. The molecule has 2 N–H and O–H groups in total. The maximum atomic E-state index is 12.4. The fourth-order valence-electron chi connectivity index (χ4n) is 2.26. The molecule has 0 fully saturated rings. The van der Waals surface area contributed by atoms with Gasteiger partial charge in [-0.2, -0.15) is 0 Å². The number of carbonyl (C=O) groups is 1. The van der Waals surface area contributed by atoms with Gasteiger partial charge in [0.05, 0.1) is 4.90 Å². The first kappa shape index (κ1) is 18.0. The van der Waals surface area contributed by atoms with Crippen molar-refractivity contribution in [3.8, 4) is 0 Å². The molecule has 5 nitrogen and oxygen atoms in total. The molecule has 1 amide bonds. The highest BCUT2D eigenvalue weighted by molar-refractivity contribution is 7.92. The second-order valence-electron chi connectivity index (χ2n) is 5.64. The second-order valence-corrected chi connectivity index (χ2v) is 7.32. The normalized spacial score (nSPS) is 12.5. The van der Waals surface area contributed by atoms with Gasteiger partial charge < -0.3 is 5.32 Å². The van der Waals surface area contributed by atoms with Crippen LogP contribution in [-0.2, 0) is 10.0 Å². The van der Waals surface area contributed by atoms with Crippen molar-refractivity contribution in [3.05, 3.63) is 59.7 Å². The zero-order valence-corrected chi connectivity index (χ0v) is 14.9. The van der Waals surface area contributed by atoms with Gasteiger partial charge in [-0.15, -0.1) is 0 Å². The summed E-state index contributed by atoms with van der Waals surface area (Å²) in [5, 5.41) is 2.52. The third-order valence-corrected chi connectivity index (χ3v) is 5.40. The van der Waals surface area contributed by atoms with Gasteiger partial charge in [0, 0.05) is 18.3 Å². The monoisotopic (exact) mass is 346 g/mol. The van der Waals surface area contributed by atoms with E-state index in [2.05, 4.69) is 23.9 Å². The lowest BCUT2D eigenvalue weighted by molar-refractivity contribution is 0.0963. The van der Waals surface area contributed by atoms with Gasteiger partial charge in [0.1, 0.15) is 0 Å². The van der Waals surface area contributed by atoms with Crippen molar-refractivity contribution in [2.75, 3.05) is 11.8 Å². The van der Waals surface area contributed by atoms with Crippen LogP contribution >= 0.6 is 0 Å². The molecule has 0 spiro atoms. The van der Waals surface area contributed by atoms with Crippen LogP contribution in [0.4, 0.5) is 5.69 Å². The quantitative estimate of drug-likeness (QED) is 0.842. The molecule has 0 aliphatic rings. The highest BCUT2D eigenvalue weighted by atomic mass is 32.2. The van der Waals surface area contributed by atoms with E-state index in [-0.39, 0.29) is 10.8 Å². The number of hydrogen-bond acceptors (Lipinski definition) is 3. The first-order valence-electron chi connectivity index (χ1n) is 7.82. The Bertz CT molecular complexity index is 797. The minimum Gasteiger partial charge on any atom is -0.355 e. The van der Waals surface area contributed by atoms with Crippen LogP contribution in [-0.4, -0.2) is 21.4 Å². The number of carbonyl (C=O) groups excluding carboxylic acids is 1. The Morgan fingerprint density at radius 3 is 2.12 bits per heavy atom. The number of amides is 1. The molecule has 2 aromatic carbocycles. The lowest BCUT2D eigenvalue weighted by atomic mass is 9.99. The number of anilines is 1. The van der Waals surface area contributed by atoms with E-state index in [1.165, 1.54) is 0 Å². The van der Waals surface area contributed by atoms with E-state index in [9.17, 15) is 13.2 Å². The van der Waals surface area contributed by atoms with Crippen LogP contribution in [0.15, 0.2) is 53.4 Å². The van der Waals surface area contributed by atoms with Gasteiger partial charge >= 0.3 is 0 Å². The van der Waals surface area contributed by atoms with Crippen LogP contribution in [0.25, 0.3) is 0 Å². The molecular weight excluding hydrogens is 324 g/mol. The van der Waals surface area contributed by atoms with E-state index in [1.54, 1.807) is 43.4 Å². The SMILES string of the molecule is CC[C@@H](C)c1ccc(S(=O)(=O)Nc2ccc(C(=O)NC)cc2)cc1. The fourth-order valence-corrected chi connectivity index (χ4v) is 3.32. The number of rotatable bonds is 6. The van der Waals surface area contributed by atoms with Gasteiger partial charge in [-0.25, -0.2) is 8.42 Å². The van der Waals surface area contributed by atoms with Crippen molar-refractivity contribution < 1.29 is 13.2 Å². The molecule has 0 unspecified atom stereocenters. The van der Waals surface area contributed by atoms with E-state index in [0.717, 1.165) is 12.0 Å². The van der Waals surface area contributed by atoms with E-state index in [4.69, 9.17) is 0 Å². The fraction of sp³-hybridized carbons (Fsp3) is 0.278. The van der Waals surface area contributed by atoms with Crippen LogP contribution in [0.3, 0.4) is 0 Å². The molecule has 6 heteroatoms. The minimum atomic E-state index is -3.65. The van der Waals surface area contributed by atoms with Gasteiger partial charge in [0.15, 0.2) is 0 Å². The second kappa shape index (κ2) is 7.49. The van der Waals surface area contributed by atoms with Crippen LogP contribution < -0.4 is 10.0 Å². The maximum Gasteiger partial charge on any atom is 0.261 e. The standard InChI is InChI=1S/C18H22N2O3S/c1-4-13(2)14-7-11-17(12-8-14)24(22,23)20-16-9-5-15(6-10-16)18(21)19-3/h5-13,20H,4H2,1-3H3,(H,19,21)/t13-/m1/s1. The van der Waals surface area contributed by atoms with Gasteiger partial charge in [-0.1, -0.05) is 26.0 Å². The van der Waals surface area contributed by atoms with Gasteiger partial charge in [-0.3, -0.25) is 9.52 Å². The Hall–Kier alpha value is -2.34. The molecule has 0 saturated heterocycles. The van der Waals surface area contributed by atoms with Crippen molar-refractivity contribution in [2.24, 2.45) is 0 Å². The van der Waals surface area contributed by atoms with Crippen molar-refractivity contribution >= 4 is 21.6 Å². The van der Waals surface area contributed by atoms with Gasteiger partial charge in [0.2, 0.25) is 0 Å². The Balaban J connectivity index is 2.17. The van der Waals surface area contributed by atoms with Crippen LogP contribution in [0.2, 0.25) is 0 Å². The number of sulfonamides is 1. The number of nitrogens with one attached hydrogen (secondary N) is 2. The summed E-state index contributed by atoms with van der Waals surface area (Å²) in [6.45, 7) is 4.20. The molecule has 0 heterocycles. The molecule has 0 radical (unpaired) electrons. The summed E-state index contributed by atoms with van der Waals surface area (Å²) < 4.78 is 27.4. The number of benzene rings is 2. The summed E-state index contributed by atoms with van der Waals surface area (Å²) in [4.78, 5) is 11.7. The third-order valence-electron chi connectivity index (χ3n) is 4.00. The molecule has 0 bridgehead atoms. The van der Waals surface area contributed by atoms with E-state index in [1.807, 2.05) is 12.1 Å². The van der Waals surface area contributed by atoms with E-state index in [0.29, 0.717) is 17.2 Å². The minimum absolute atomic E-state index is 0.213. The zero-order chi connectivity index (χ0) is 17.7. The van der Waals surface area contributed by atoms with Gasteiger partial charge in [0.25, 0.3) is 15.9 Å². The molecule has 2 aromatic rings. The van der Waals surface area contributed by atoms with Gasteiger partial charge in [-0.05, 0) is 54.3 Å². The highest BCUT2D eigenvalue weighted by Gasteiger charge is 2.15. The van der Waals surface area contributed by atoms with Crippen molar-refractivity contribution in [3.63, 3.8) is 0 Å². The molecule has 128 valence electrons. The van der Waals surface area contributed by atoms with E-state index >= 15 is 0 Å². The molecule has 0 saturated carbocycles. The average molecular weight is 346 g/mol. The summed E-state index contributed by atoms with van der Waals surface area (Å²) in [5.41, 5.74) is 2.00. The summed E-state index contributed by atoms with van der Waals surface area (Å²) in [5.74, 6) is 0.178. The van der Waals surface area contributed by atoms with Crippen molar-refractivity contribution in [1.82, 2.24) is 5.32 Å². The molecule has 2 rings (SSSR count). The average Bonchev–Trinajstić information content (AvgIpc) is 2.60. The molecule has 0 aliphatic carbocycles. The highest BCUT2D eigenvalue weighted by Crippen LogP contribution is 2.22. The number of hydrogen-bond donors (Lipinski definition) is 2. The summed E-state index contributed by atoms with van der Waals surface area (Å²) in [7, 11) is -2.11. The zero-order valence-electron chi connectivity index (χ0n) is 14.0. The Labute approximate surface area is 143 Å². The maximum absolute atomic E-state index is 12.4. The molecule has 1 atom stereocenters. The van der Waals surface area contributed by atoms with E-state index < -0.39 is 10.0 Å². The van der Waals surface area contributed by atoms with Crippen molar-refractivity contribution in [2.45, 2.75) is 31.1 Å². The summed E-state index contributed by atoms with van der Waals surface area (Å²) in [6, 6.07) is 13.2. The Kier molecular flexibility index (Phi) is 5.62. The predicted molar refractivity (Wildman–Crippen MR) is 95.8 cm³/mol. The third kappa shape index (κ3) is 4.14. The summed E-state index contributed by atoms with van der Waals surface area (Å²) >= 11 is 0. The first-order chi connectivity index (χ1) is 11.4. The smallest absolute Gasteiger partial charge is 0.261 e. The molecule has 0 aliphatic heterocycles. The molecule has 24 heavy (non-hydrogen) atoms. The molecule has 0 aromatic heterocycles. The van der Waals surface area contributed by atoms with Crippen molar-refractivity contribution in [1.29, 1.82) is 0 Å². The topological polar surface area (TPSA) is 75.3 Å². The largest absolute Gasteiger partial charge is 0.355 e. The predicted octanol–water partition coefficient (Wildman–Crippen LogP) is 3.36. The lowest BCUT2D eigenvalue weighted by Gasteiger charge is -2.11. The van der Waals surface area contributed by atoms with Crippen LogP contribution in [0, 0.1) is 0 Å². The van der Waals surface area contributed by atoms with Crippen LogP contribution in [0.5, 0.6) is 0 Å². The first-order valence-corrected chi connectivity index (χ1v) is 9.30. The molecular formula is C18H22N2O3S. The lowest BCUT2D eigenvalue weighted by Crippen LogP contribution is -2.18. The van der Waals surface area contributed by atoms with Crippen LogP contribution in [0.1, 0.15) is 42.1 Å².